The van der Waals surface area contributed by atoms with Gasteiger partial charge < -0.3 is 0 Å². The van der Waals surface area contributed by atoms with Crippen molar-refractivity contribution in [1.82, 2.24) is 0 Å². The Morgan fingerprint density at radius 2 is 1.26 bits per heavy atom. The smallest absolute Gasteiger partial charge is 0.0620 e. The average molecular weight is 367 g/mol. The molecule has 0 radical (unpaired) electrons. The van der Waals surface area contributed by atoms with Crippen LogP contribution in [0.5, 0.6) is 0 Å². The van der Waals surface area contributed by atoms with Crippen molar-refractivity contribution in [3.05, 3.63) is 108 Å². The molecule has 1 aliphatic rings. The predicted molar refractivity (Wildman–Crippen MR) is 120 cm³/mol. The van der Waals surface area contributed by atoms with E-state index in [4.69, 9.17) is 0 Å². The van der Waals surface area contributed by atoms with Crippen molar-refractivity contribution < 1.29 is 0 Å². The zero-order valence-electron chi connectivity index (χ0n) is 15.7. The Labute approximate surface area is 162 Å². The van der Waals surface area contributed by atoms with Gasteiger partial charge in [-0.05, 0) is 40.6 Å². The number of fused-ring (bicyclic) bond motifs is 3. The van der Waals surface area contributed by atoms with Crippen LogP contribution in [0.25, 0.3) is 10.8 Å². The highest BCUT2D eigenvalue weighted by Crippen LogP contribution is 2.65. The molecule has 0 nitrogen and oxygen atoms in total. The molecular formula is C26H24P+. The fourth-order valence-electron chi connectivity index (χ4n) is 4.86. The van der Waals surface area contributed by atoms with Crippen LogP contribution in [0.3, 0.4) is 0 Å². The molecule has 1 unspecified atom stereocenters. The standard InChI is InChI=1S/C26H24P/c1-20-18-27(22-11-4-2-5-12-22,23-13-6-3-7-14-23)19-26-24(20)17-16-21-10-8-9-15-25(21)26/h2-17,20H,18-19H2,1H3/q+1. The molecule has 0 saturated carbocycles. The number of benzene rings is 4. The van der Waals surface area contributed by atoms with E-state index in [9.17, 15) is 0 Å². The summed E-state index contributed by atoms with van der Waals surface area (Å²) >= 11 is 0. The number of hydrogen-bond acceptors (Lipinski definition) is 0. The first kappa shape index (κ1) is 16.7. The van der Waals surface area contributed by atoms with E-state index in [0.29, 0.717) is 5.92 Å². The van der Waals surface area contributed by atoms with Gasteiger partial charge in [0.15, 0.2) is 0 Å². The fraction of sp³-hybridized carbons (Fsp3) is 0.154. The van der Waals surface area contributed by atoms with Gasteiger partial charge >= 0.3 is 0 Å². The van der Waals surface area contributed by atoms with Crippen molar-refractivity contribution in [3.8, 4) is 0 Å². The van der Waals surface area contributed by atoms with Crippen molar-refractivity contribution in [2.24, 2.45) is 0 Å². The summed E-state index contributed by atoms with van der Waals surface area (Å²) in [6.45, 7) is 2.42. The first-order chi connectivity index (χ1) is 13.3. The first-order valence-electron chi connectivity index (χ1n) is 9.77. The normalized spacial score (nSPS) is 18.2. The zero-order valence-corrected chi connectivity index (χ0v) is 16.6. The van der Waals surface area contributed by atoms with E-state index in [0.717, 1.165) is 0 Å². The predicted octanol–water partition coefficient (Wildman–Crippen LogP) is 6.13. The SMILES string of the molecule is CC1C[P+](c2ccccc2)(c2ccccc2)Cc2c1ccc1ccccc21. The molecule has 1 heterocycles. The average Bonchev–Trinajstić information content (AvgIpc) is 2.74. The lowest BCUT2D eigenvalue weighted by atomic mass is 9.92. The molecule has 1 atom stereocenters. The van der Waals surface area contributed by atoms with Gasteiger partial charge in [-0.15, -0.1) is 0 Å². The summed E-state index contributed by atoms with van der Waals surface area (Å²) in [5.41, 5.74) is 3.13. The van der Waals surface area contributed by atoms with Crippen LogP contribution in [-0.2, 0) is 6.16 Å². The molecule has 4 aromatic rings. The third-order valence-electron chi connectivity index (χ3n) is 6.12. The van der Waals surface area contributed by atoms with Gasteiger partial charge in [0, 0.05) is 11.5 Å². The van der Waals surface area contributed by atoms with Crippen LogP contribution in [0.4, 0.5) is 0 Å². The van der Waals surface area contributed by atoms with Crippen LogP contribution in [0, 0.1) is 0 Å². The molecule has 132 valence electrons. The Bertz CT molecular complexity index is 1040. The third kappa shape index (κ3) is 2.71. The Balaban J connectivity index is 1.79. The maximum Gasteiger partial charge on any atom is 0.0995 e. The number of hydrogen-bond donors (Lipinski definition) is 0. The second kappa shape index (κ2) is 6.63. The summed E-state index contributed by atoms with van der Waals surface area (Å²) in [6, 6.07) is 36.2. The lowest BCUT2D eigenvalue weighted by molar-refractivity contribution is 0.844. The minimum atomic E-state index is -1.49. The van der Waals surface area contributed by atoms with Gasteiger partial charge in [0.2, 0.25) is 0 Å². The first-order valence-corrected chi connectivity index (χ1v) is 11.9. The summed E-state index contributed by atoms with van der Waals surface area (Å²) < 4.78 is 0. The topological polar surface area (TPSA) is 0 Å². The van der Waals surface area contributed by atoms with E-state index in [1.54, 1.807) is 21.7 Å². The highest BCUT2D eigenvalue weighted by molar-refractivity contribution is 7.89. The van der Waals surface area contributed by atoms with Crippen LogP contribution in [0.2, 0.25) is 0 Å². The second-order valence-electron chi connectivity index (χ2n) is 7.74. The molecule has 5 rings (SSSR count). The largest absolute Gasteiger partial charge is 0.0995 e. The Hall–Kier alpha value is -2.43. The lowest BCUT2D eigenvalue weighted by Gasteiger charge is -2.36. The van der Waals surface area contributed by atoms with E-state index < -0.39 is 7.26 Å². The van der Waals surface area contributed by atoms with E-state index >= 15 is 0 Å². The van der Waals surface area contributed by atoms with Crippen LogP contribution in [0.1, 0.15) is 24.0 Å². The summed E-state index contributed by atoms with van der Waals surface area (Å²) in [4.78, 5) is 0. The summed E-state index contributed by atoms with van der Waals surface area (Å²) in [5, 5.41) is 5.89. The molecule has 27 heavy (non-hydrogen) atoms. The molecule has 4 aromatic carbocycles. The Morgan fingerprint density at radius 1 is 0.667 bits per heavy atom. The summed E-state index contributed by atoms with van der Waals surface area (Å²) in [5.74, 6) is 0.576. The lowest BCUT2D eigenvalue weighted by Crippen LogP contribution is -2.31. The van der Waals surface area contributed by atoms with Crippen molar-refractivity contribution in [1.29, 1.82) is 0 Å². The minimum absolute atomic E-state index is 0.576. The van der Waals surface area contributed by atoms with Gasteiger partial charge in [-0.25, -0.2) is 0 Å². The maximum atomic E-state index is 2.42. The fourth-order valence-corrected chi connectivity index (χ4v) is 9.58. The van der Waals surface area contributed by atoms with Crippen molar-refractivity contribution in [2.75, 3.05) is 6.16 Å². The van der Waals surface area contributed by atoms with Crippen molar-refractivity contribution in [2.45, 2.75) is 19.0 Å². The van der Waals surface area contributed by atoms with E-state index in [1.165, 1.54) is 23.1 Å². The molecular weight excluding hydrogens is 343 g/mol. The quantitative estimate of drug-likeness (QED) is 0.374. The summed E-state index contributed by atoms with van der Waals surface area (Å²) in [6.07, 6.45) is 2.43. The van der Waals surface area contributed by atoms with Crippen molar-refractivity contribution in [3.63, 3.8) is 0 Å². The van der Waals surface area contributed by atoms with E-state index in [1.807, 2.05) is 0 Å². The minimum Gasteiger partial charge on any atom is -0.0620 e. The van der Waals surface area contributed by atoms with E-state index in [2.05, 4.69) is 104 Å². The van der Waals surface area contributed by atoms with Crippen LogP contribution in [-0.4, -0.2) is 6.16 Å². The second-order valence-corrected chi connectivity index (χ2v) is 11.4. The van der Waals surface area contributed by atoms with Crippen molar-refractivity contribution >= 4 is 28.6 Å². The summed E-state index contributed by atoms with van der Waals surface area (Å²) in [7, 11) is -1.49. The molecule has 0 saturated heterocycles. The van der Waals surface area contributed by atoms with Gasteiger partial charge in [0.1, 0.15) is 0 Å². The van der Waals surface area contributed by atoms with Crippen LogP contribution < -0.4 is 10.6 Å². The van der Waals surface area contributed by atoms with Crippen LogP contribution >= 0.6 is 7.26 Å². The van der Waals surface area contributed by atoms with Gasteiger partial charge in [-0.2, -0.15) is 0 Å². The molecule has 0 aliphatic carbocycles. The highest BCUT2D eigenvalue weighted by atomic mass is 31.2. The Kier molecular flexibility index (Phi) is 4.10. The molecule has 1 aliphatic heterocycles. The molecule has 0 fully saturated rings. The highest BCUT2D eigenvalue weighted by Gasteiger charge is 2.48. The monoisotopic (exact) mass is 367 g/mol. The molecule has 0 bridgehead atoms. The molecule has 1 heteroatoms. The molecule has 0 N–H and O–H groups in total. The maximum absolute atomic E-state index is 2.42. The Morgan fingerprint density at radius 3 is 1.93 bits per heavy atom. The van der Waals surface area contributed by atoms with Gasteiger partial charge in [-0.1, -0.05) is 79.7 Å². The molecule has 0 spiro atoms. The third-order valence-corrected chi connectivity index (χ3v) is 10.7. The van der Waals surface area contributed by atoms with E-state index in [-0.39, 0.29) is 0 Å². The van der Waals surface area contributed by atoms with Gasteiger partial charge in [-0.3, -0.25) is 0 Å². The van der Waals surface area contributed by atoms with Gasteiger partial charge in [0.05, 0.1) is 30.2 Å². The number of rotatable bonds is 2. The van der Waals surface area contributed by atoms with Crippen LogP contribution in [0.15, 0.2) is 97.1 Å². The molecule has 0 aromatic heterocycles. The zero-order chi connectivity index (χ0) is 18.3. The molecule has 0 amide bonds. The van der Waals surface area contributed by atoms with Gasteiger partial charge in [0.25, 0.3) is 0 Å².